The van der Waals surface area contributed by atoms with Crippen LogP contribution in [-0.2, 0) is 21.8 Å². The van der Waals surface area contributed by atoms with E-state index in [0.717, 1.165) is 37.3 Å². The standard InChI is InChI=1S/C14H16BrF3O/c1-19-13(6-2-3-7-13)12-5-4-11(14(16,17)18)8-10(12)9-15/h4-5,8H,2-3,6-7,9H2,1H3. The summed E-state index contributed by atoms with van der Waals surface area (Å²) in [5, 5.41) is 0.400. The Morgan fingerprint density at radius 2 is 1.89 bits per heavy atom. The van der Waals surface area contributed by atoms with Gasteiger partial charge in [0.1, 0.15) is 0 Å². The summed E-state index contributed by atoms with van der Waals surface area (Å²) in [7, 11) is 1.64. The first kappa shape index (κ1) is 14.9. The molecule has 1 saturated carbocycles. The third kappa shape index (κ3) is 2.82. The predicted octanol–water partition coefficient (Wildman–Crippen LogP) is 5.02. The fraction of sp³-hybridized carbons (Fsp3) is 0.571. The van der Waals surface area contributed by atoms with Crippen LogP contribution in [0, 0.1) is 0 Å². The first-order valence-corrected chi connectivity index (χ1v) is 7.37. The predicted molar refractivity (Wildman–Crippen MR) is 71.2 cm³/mol. The Balaban J connectivity index is 2.46. The second-order valence-corrected chi connectivity index (χ2v) is 5.47. The first-order valence-electron chi connectivity index (χ1n) is 6.25. The Hall–Kier alpha value is -0.550. The first-order chi connectivity index (χ1) is 8.93. The molecule has 0 atom stereocenters. The van der Waals surface area contributed by atoms with Gasteiger partial charge >= 0.3 is 6.18 Å². The molecule has 0 N–H and O–H groups in total. The van der Waals surface area contributed by atoms with E-state index in [0.29, 0.717) is 10.9 Å². The van der Waals surface area contributed by atoms with Gasteiger partial charge in [0.15, 0.2) is 0 Å². The number of rotatable bonds is 3. The van der Waals surface area contributed by atoms with Crippen molar-refractivity contribution in [2.24, 2.45) is 0 Å². The second kappa shape index (κ2) is 5.44. The molecule has 1 aromatic carbocycles. The molecule has 1 nitrogen and oxygen atoms in total. The second-order valence-electron chi connectivity index (χ2n) is 4.91. The molecule has 5 heteroatoms. The summed E-state index contributed by atoms with van der Waals surface area (Å²) in [5.41, 5.74) is 0.540. The summed E-state index contributed by atoms with van der Waals surface area (Å²) in [5.74, 6) is 0. The zero-order chi connectivity index (χ0) is 14.1. The van der Waals surface area contributed by atoms with Gasteiger partial charge in [-0.2, -0.15) is 13.2 Å². The molecule has 0 aliphatic heterocycles. The fourth-order valence-corrected chi connectivity index (χ4v) is 3.32. The van der Waals surface area contributed by atoms with Gasteiger partial charge in [0.2, 0.25) is 0 Å². The maximum Gasteiger partial charge on any atom is 0.416 e. The number of methoxy groups -OCH3 is 1. The van der Waals surface area contributed by atoms with Crippen LogP contribution >= 0.6 is 15.9 Å². The molecule has 106 valence electrons. The Bertz CT molecular complexity index is 450. The van der Waals surface area contributed by atoms with E-state index in [1.165, 1.54) is 6.07 Å². The van der Waals surface area contributed by atoms with E-state index in [-0.39, 0.29) is 0 Å². The van der Waals surface area contributed by atoms with Gasteiger partial charge in [0.25, 0.3) is 0 Å². The van der Waals surface area contributed by atoms with Gasteiger partial charge in [0.05, 0.1) is 11.2 Å². The normalized spacial score (nSPS) is 18.8. The van der Waals surface area contributed by atoms with Gasteiger partial charge in [-0.05, 0) is 36.1 Å². The number of halogens is 4. The van der Waals surface area contributed by atoms with Crippen LogP contribution in [0.3, 0.4) is 0 Å². The van der Waals surface area contributed by atoms with E-state index in [9.17, 15) is 13.2 Å². The molecule has 0 bridgehead atoms. The average molecular weight is 337 g/mol. The molecule has 0 spiro atoms. The fourth-order valence-electron chi connectivity index (χ4n) is 2.85. The van der Waals surface area contributed by atoms with Crippen LogP contribution in [0.1, 0.15) is 42.4 Å². The third-order valence-electron chi connectivity index (χ3n) is 3.87. The van der Waals surface area contributed by atoms with Gasteiger partial charge in [-0.1, -0.05) is 34.8 Å². The summed E-state index contributed by atoms with van der Waals surface area (Å²) in [6.07, 6.45) is -0.456. The number of ether oxygens (including phenoxy) is 1. The van der Waals surface area contributed by atoms with Crippen molar-refractivity contribution in [3.05, 3.63) is 34.9 Å². The Morgan fingerprint density at radius 3 is 2.37 bits per heavy atom. The molecule has 1 aliphatic rings. The summed E-state index contributed by atoms with van der Waals surface area (Å²) in [6.45, 7) is 0. The highest BCUT2D eigenvalue weighted by Gasteiger charge is 2.38. The molecular formula is C14H16BrF3O. The highest BCUT2D eigenvalue weighted by Crippen LogP contribution is 2.44. The van der Waals surface area contributed by atoms with Crippen LogP contribution in [0.15, 0.2) is 18.2 Å². The lowest BCUT2D eigenvalue weighted by atomic mass is 9.87. The molecule has 0 unspecified atom stereocenters. The van der Waals surface area contributed by atoms with Crippen molar-refractivity contribution in [1.29, 1.82) is 0 Å². The van der Waals surface area contributed by atoms with E-state index in [1.54, 1.807) is 13.2 Å². The molecule has 0 heterocycles. The topological polar surface area (TPSA) is 9.23 Å². The van der Waals surface area contributed by atoms with Crippen LogP contribution in [0.25, 0.3) is 0 Å². The highest BCUT2D eigenvalue weighted by molar-refractivity contribution is 9.08. The molecule has 0 amide bonds. The quantitative estimate of drug-likeness (QED) is 0.704. The Kier molecular flexibility index (Phi) is 4.26. The monoisotopic (exact) mass is 336 g/mol. The summed E-state index contributed by atoms with van der Waals surface area (Å²) >= 11 is 3.29. The van der Waals surface area contributed by atoms with Gasteiger partial charge in [-0.25, -0.2) is 0 Å². The Morgan fingerprint density at radius 1 is 1.26 bits per heavy atom. The van der Waals surface area contributed by atoms with E-state index in [2.05, 4.69) is 15.9 Å². The minimum atomic E-state index is -4.30. The molecular weight excluding hydrogens is 321 g/mol. The van der Waals surface area contributed by atoms with Crippen LogP contribution in [0.4, 0.5) is 13.2 Å². The molecule has 2 rings (SSSR count). The molecule has 1 fully saturated rings. The zero-order valence-electron chi connectivity index (χ0n) is 10.7. The van der Waals surface area contributed by atoms with Crippen LogP contribution in [0.2, 0.25) is 0 Å². The van der Waals surface area contributed by atoms with Crippen molar-refractivity contribution in [3.8, 4) is 0 Å². The molecule has 1 aliphatic carbocycles. The largest absolute Gasteiger partial charge is 0.416 e. The average Bonchev–Trinajstić information content (AvgIpc) is 2.86. The molecule has 0 saturated heterocycles. The van der Waals surface area contributed by atoms with Crippen molar-refractivity contribution in [2.75, 3.05) is 7.11 Å². The van der Waals surface area contributed by atoms with E-state index < -0.39 is 17.3 Å². The molecule has 0 radical (unpaired) electrons. The van der Waals surface area contributed by atoms with Crippen molar-refractivity contribution >= 4 is 15.9 Å². The van der Waals surface area contributed by atoms with Crippen molar-refractivity contribution in [2.45, 2.75) is 42.8 Å². The minimum absolute atomic E-state index is 0.400. The summed E-state index contributed by atoms with van der Waals surface area (Å²) < 4.78 is 43.9. The number of hydrogen-bond donors (Lipinski definition) is 0. The summed E-state index contributed by atoms with van der Waals surface area (Å²) in [4.78, 5) is 0. The maximum atomic E-state index is 12.7. The number of hydrogen-bond acceptors (Lipinski definition) is 1. The van der Waals surface area contributed by atoms with E-state index in [1.807, 2.05) is 0 Å². The highest BCUT2D eigenvalue weighted by atomic mass is 79.9. The van der Waals surface area contributed by atoms with Gasteiger partial charge in [-0.15, -0.1) is 0 Å². The van der Waals surface area contributed by atoms with Gasteiger partial charge in [-0.3, -0.25) is 0 Å². The van der Waals surface area contributed by atoms with Crippen LogP contribution in [-0.4, -0.2) is 7.11 Å². The molecule has 0 aromatic heterocycles. The van der Waals surface area contributed by atoms with Crippen LogP contribution in [0.5, 0.6) is 0 Å². The zero-order valence-corrected chi connectivity index (χ0v) is 12.3. The smallest absolute Gasteiger partial charge is 0.374 e. The van der Waals surface area contributed by atoms with E-state index >= 15 is 0 Å². The molecule has 19 heavy (non-hydrogen) atoms. The van der Waals surface area contributed by atoms with Gasteiger partial charge in [0, 0.05) is 12.4 Å². The van der Waals surface area contributed by atoms with Gasteiger partial charge < -0.3 is 4.74 Å². The Labute approximate surface area is 119 Å². The van der Waals surface area contributed by atoms with Crippen molar-refractivity contribution in [3.63, 3.8) is 0 Å². The number of alkyl halides is 4. The lowest BCUT2D eigenvalue weighted by molar-refractivity contribution is -0.137. The third-order valence-corrected chi connectivity index (χ3v) is 4.47. The van der Waals surface area contributed by atoms with Crippen molar-refractivity contribution < 1.29 is 17.9 Å². The van der Waals surface area contributed by atoms with Crippen LogP contribution < -0.4 is 0 Å². The van der Waals surface area contributed by atoms with Crippen molar-refractivity contribution in [1.82, 2.24) is 0 Å². The lowest BCUT2D eigenvalue weighted by Crippen LogP contribution is -2.26. The lowest BCUT2D eigenvalue weighted by Gasteiger charge is -2.30. The molecule has 1 aromatic rings. The maximum absolute atomic E-state index is 12.7. The number of benzene rings is 1. The summed E-state index contributed by atoms with van der Waals surface area (Å²) in [6, 6.07) is 3.96. The minimum Gasteiger partial charge on any atom is -0.374 e. The van der Waals surface area contributed by atoms with E-state index in [4.69, 9.17) is 4.74 Å². The SMILES string of the molecule is COC1(c2ccc(C(F)(F)F)cc2CBr)CCCC1.